The van der Waals surface area contributed by atoms with Crippen LogP contribution in [0.1, 0.15) is 24.3 Å². The number of hydrogen-bond donors (Lipinski definition) is 1. The Labute approximate surface area is 277 Å². The first-order valence-electron chi connectivity index (χ1n) is 13.7. The second kappa shape index (κ2) is 12.2. The zero-order valence-electron chi connectivity index (χ0n) is 23.7. The third kappa shape index (κ3) is 5.81. The lowest BCUT2D eigenvalue weighted by molar-refractivity contribution is -0.384. The number of non-ortho nitro benzene ring substituents is 1. The summed E-state index contributed by atoms with van der Waals surface area (Å²) in [5.41, 5.74) is 2.53. The Morgan fingerprint density at radius 3 is 2.63 bits per heavy atom. The van der Waals surface area contributed by atoms with Gasteiger partial charge < -0.3 is 9.73 Å². The first kappa shape index (κ1) is 29.9. The molecule has 14 heteroatoms. The van der Waals surface area contributed by atoms with E-state index in [9.17, 15) is 19.7 Å². The largest absolute Gasteiger partial charge is 0.450 e. The van der Waals surface area contributed by atoms with Crippen LogP contribution < -0.4 is 20.2 Å². The highest BCUT2D eigenvalue weighted by Crippen LogP contribution is 2.36. The summed E-state index contributed by atoms with van der Waals surface area (Å²) in [6.45, 7) is 1.76. The number of benzene rings is 3. The topological polar surface area (TPSA) is 133 Å². The highest BCUT2D eigenvalue weighted by Gasteiger charge is 2.32. The standard InChI is InChI=1S/C32H20ClN5O5S3/c1-17-27(29(39)35-20-5-3-2-4-6-20)28(18-7-9-19(33)10-8-18)37-30(40)25(44-31(37)34-17)16-22-12-14-26(43-22)46-32-36-23-13-11-21(38(41)42)15-24(23)45-32/h2-16,28H,1H3,(H,35,39)/b25-16-/t28-/m1/s1. The first-order chi connectivity index (χ1) is 22.2. The molecule has 1 amide bonds. The Balaban J connectivity index is 1.23. The third-order valence-corrected chi connectivity index (χ3v) is 10.3. The molecular weight excluding hydrogens is 666 g/mol. The number of furan rings is 1. The molecule has 1 aliphatic heterocycles. The minimum absolute atomic E-state index is 0.00638. The Kier molecular flexibility index (Phi) is 7.90. The van der Waals surface area contributed by atoms with E-state index in [4.69, 9.17) is 16.0 Å². The molecule has 10 nitrogen and oxygen atoms in total. The van der Waals surface area contributed by atoms with E-state index in [-0.39, 0.29) is 17.2 Å². The van der Waals surface area contributed by atoms with Crippen molar-refractivity contribution in [1.29, 1.82) is 0 Å². The summed E-state index contributed by atoms with van der Waals surface area (Å²) in [6, 6.07) is 23.5. The van der Waals surface area contributed by atoms with Crippen LogP contribution in [0.15, 0.2) is 120 Å². The number of fused-ring (bicyclic) bond motifs is 2. The van der Waals surface area contributed by atoms with Crippen LogP contribution in [0.3, 0.4) is 0 Å². The smallest absolute Gasteiger partial charge is 0.271 e. The summed E-state index contributed by atoms with van der Waals surface area (Å²) < 4.78 is 9.29. The van der Waals surface area contributed by atoms with Gasteiger partial charge in [-0.25, -0.2) is 9.98 Å². The summed E-state index contributed by atoms with van der Waals surface area (Å²) in [5, 5.41) is 15.1. The van der Waals surface area contributed by atoms with Gasteiger partial charge in [0.2, 0.25) is 0 Å². The van der Waals surface area contributed by atoms with Crippen LogP contribution >= 0.6 is 46.0 Å². The highest BCUT2D eigenvalue weighted by atomic mass is 35.5. The van der Waals surface area contributed by atoms with Gasteiger partial charge in [-0.1, -0.05) is 53.3 Å². The van der Waals surface area contributed by atoms with Gasteiger partial charge in [-0.3, -0.25) is 24.3 Å². The molecule has 0 radical (unpaired) electrons. The number of hydrogen-bond acceptors (Lipinski definition) is 10. The average Bonchev–Trinajstić information content (AvgIpc) is 3.74. The predicted molar refractivity (Wildman–Crippen MR) is 179 cm³/mol. The molecule has 0 fully saturated rings. The van der Waals surface area contributed by atoms with Crippen molar-refractivity contribution < 1.29 is 14.1 Å². The lowest BCUT2D eigenvalue weighted by Crippen LogP contribution is -2.40. The molecule has 0 saturated carbocycles. The molecule has 7 rings (SSSR count). The molecule has 0 spiro atoms. The van der Waals surface area contributed by atoms with Crippen molar-refractivity contribution in [2.45, 2.75) is 22.4 Å². The molecule has 6 aromatic rings. The maximum atomic E-state index is 14.0. The zero-order chi connectivity index (χ0) is 31.9. The van der Waals surface area contributed by atoms with E-state index >= 15 is 0 Å². The number of amides is 1. The molecule has 46 heavy (non-hydrogen) atoms. The number of carbonyl (C=O) groups is 1. The Morgan fingerprint density at radius 2 is 1.87 bits per heavy atom. The van der Waals surface area contributed by atoms with Crippen molar-refractivity contribution in [3.05, 3.63) is 142 Å². The predicted octanol–water partition coefficient (Wildman–Crippen LogP) is 6.79. The number of nitro benzene ring substituents is 1. The molecular formula is C32H20ClN5O5S3. The first-order valence-corrected chi connectivity index (χ1v) is 16.5. The maximum Gasteiger partial charge on any atom is 0.271 e. The number of aromatic nitrogens is 2. The molecule has 1 atom stereocenters. The quantitative estimate of drug-likeness (QED) is 0.145. The van der Waals surface area contributed by atoms with Gasteiger partial charge in [0.15, 0.2) is 14.2 Å². The summed E-state index contributed by atoms with van der Waals surface area (Å²) in [7, 11) is 0. The Hall–Kier alpha value is -4.82. The van der Waals surface area contributed by atoms with Crippen LogP contribution in [0.2, 0.25) is 5.02 Å². The van der Waals surface area contributed by atoms with Gasteiger partial charge in [-0.05, 0) is 66.7 Å². The average molecular weight is 686 g/mol. The number of halogens is 1. The summed E-state index contributed by atoms with van der Waals surface area (Å²) >= 11 is 10.00. The third-order valence-electron chi connectivity index (χ3n) is 7.11. The molecule has 1 aliphatic rings. The van der Waals surface area contributed by atoms with E-state index in [1.807, 2.05) is 18.2 Å². The number of nitrogens with zero attached hydrogens (tertiary/aromatic N) is 4. The number of para-hydroxylation sites is 1. The second-order valence-corrected chi connectivity index (χ2v) is 13.8. The number of anilines is 1. The number of carbonyl (C=O) groups excluding carboxylic acids is 1. The molecule has 0 unspecified atom stereocenters. The van der Waals surface area contributed by atoms with Crippen molar-refractivity contribution in [3.8, 4) is 0 Å². The number of allylic oxidation sites excluding steroid dienone is 1. The normalized spacial score (nSPS) is 14.7. The summed E-state index contributed by atoms with van der Waals surface area (Å²) in [6.07, 6.45) is 1.65. The summed E-state index contributed by atoms with van der Waals surface area (Å²) in [5.74, 6) is 0.0872. The summed E-state index contributed by atoms with van der Waals surface area (Å²) in [4.78, 5) is 48.0. The number of rotatable bonds is 7. The SMILES string of the molecule is CC1=C(C(=O)Nc2ccccc2)[C@@H](c2ccc(Cl)cc2)n2c(s/c(=C\c3ccc(Sc4nc5ccc([N+](=O)[O-])cc5s4)o3)c2=O)=N1. The van der Waals surface area contributed by atoms with Gasteiger partial charge >= 0.3 is 0 Å². The zero-order valence-corrected chi connectivity index (χ0v) is 26.9. The van der Waals surface area contributed by atoms with Crippen molar-refractivity contribution in [2.24, 2.45) is 4.99 Å². The van der Waals surface area contributed by atoms with Gasteiger partial charge in [0.1, 0.15) is 5.76 Å². The fourth-order valence-electron chi connectivity index (χ4n) is 5.02. The lowest BCUT2D eigenvalue weighted by atomic mass is 9.95. The van der Waals surface area contributed by atoms with Crippen molar-refractivity contribution in [1.82, 2.24) is 9.55 Å². The molecule has 1 N–H and O–H groups in total. The fraction of sp³-hybridized carbons (Fsp3) is 0.0625. The van der Waals surface area contributed by atoms with E-state index in [0.717, 1.165) is 0 Å². The number of nitrogens with one attached hydrogen (secondary N) is 1. The van der Waals surface area contributed by atoms with E-state index < -0.39 is 11.0 Å². The maximum absolute atomic E-state index is 14.0. The van der Waals surface area contributed by atoms with E-state index in [2.05, 4.69) is 15.3 Å². The van der Waals surface area contributed by atoms with E-state index in [1.54, 1.807) is 67.6 Å². The van der Waals surface area contributed by atoms with E-state index in [1.165, 1.54) is 51.1 Å². The molecule has 0 aliphatic carbocycles. The van der Waals surface area contributed by atoms with Crippen LogP contribution in [0, 0.1) is 10.1 Å². The minimum Gasteiger partial charge on any atom is -0.450 e. The van der Waals surface area contributed by atoms with Crippen LogP contribution in [-0.4, -0.2) is 20.4 Å². The Morgan fingerprint density at radius 1 is 1.09 bits per heavy atom. The molecule has 0 bridgehead atoms. The molecule has 3 aromatic carbocycles. The van der Waals surface area contributed by atoms with Gasteiger partial charge in [-0.15, -0.1) is 11.3 Å². The fourth-order valence-corrected chi connectivity index (χ4v) is 8.18. The highest BCUT2D eigenvalue weighted by molar-refractivity contribution is 8.01. The van der Waals surface area contributed by atoms with Crippen LogP contribution in [0.25, 0.3) is 16.3 Å². The number of nitro groups is 1. The van der Waals surface area contributed by atoms with Crippen molar-refractivity contribution in [2.75, 3.05) is 5.32 Å². The van der Waals surface area contributed by atoms with Gasteiger partial charge in [0.25, 0.3) is 17.2 Å². The molecule has 0 saturated heterocycles. The van der Waals surface area contributed by atoms with E-state index in [0.29, 0.717) is 62.3 Å². The van der Waals surface area contributed by atoms with Crippen LogP contribution in [0.4, 0.5) is 11.4 Å². The Bertz CT molecular complexity index is 2380. The van der Waals surface area contributed by atoms with Gasteiger partial charge in [0.05, 0.1) is 37.0 Å². The second-order valence-electron chi connectivity index (χ2n) is 10.1. The van der Waals surface area contributed by atoms with Crippen molar-refractivity contribution in [3.63, 3.8) is 0 Å². The molecule has 4 heterocycles. The van der Waals surface area contributed by atoms with Gasteiger partial charge in [-0.2, -0.15) is 0 Å². The lowest BCUT2D eigenvalue weighted by Gasteiger charge is -2.25. The van der Waals surface area contributed by atoms with Crippen LogP contribution in [0.5, 0.6) is 0 Å². The minimum atomic E-state index is -0.739. The van der Waals surface area contributed by atoms with Gasteiger partial charge in [0, 0.05) is 28.9 Å². The number of thiazole rings is 2. The van der Waals surface area contributed by atoms with Crippen molar-refractivity contribution >= 4 is 79.6 Å². The monoisotopic (exact) mass is 685 g/mol. The molecule has 228 valence electrons. The molecule has 3 aromatic heterocycles. The van der Waals surface area contributed by atoms with Crippen LogP contribution in [-0.2, 0) is 4.79 Å².